The van der Waals surface area contributed by atoms with Gasteiger partial charge >= 0.3 is 0 Å². The van der Waals surface area contributed by atoms with Crippen LogP contribution in [-0.2, 0) is 6.61 Å². The Morgan fingerprint density at radius 1 is 0.867 bits per heavy atom. The van der Waals surface area contributed by atoms with E-state index in [2.05, 4.69) is 39.7 Å². The Labute approximate surface area is 178 Å². The molecule has 0 atom stereocenters. The molecule has 5 aromatic rings. The summed E-state index contributed by atoms with van der Waals surface area (Å²) in [6.07, 6.45) is 2.03. The van der Waals surface area contributed by atoms with E-state index in [-0.39, 0.29) is 0 Å². The normalized spacial score (nSPS) is 12.0. The second kappa shape index (κ2) is 7.65. The predicted octanol–water partition coefficient (Wildman–Crippen LogP) is 4.96. The van der Waals surface area contributed by atoms with E-state index in [4.69, 9.17) is 16.3 Å². The fraction of sp³-hybridized carbons (Fsp3) is 0.0400. The molecule has 3 aromatic heterocycles. The van der Waals surface area contributed by atoms with Crippen molar-refractivity contribution in [3.8, 4) is 17.1 Å². The van der Waals surface area contributed by atoms with Crippen molar-refractivity contribution in [1.29, 1.82) is 0 Å². The van der Waals surface area contributed by atoms with Crippen molar-refractivity contribution in [1.82, 2.24) is 15.0 Å². The van der Waals surface area contributed by atoms with Crippen molar-refractivity contribution >= 4 is 35.2 Å². The van der Waals surface area contributed by atoms with Gasteiger partial charge < -0.3 is 19.7 Å². The highest BCUT2D eigenvalue weighted by molar-refractivity contribution is 6.31. The highest BCUT2D eigenvalue weighted by Crippen LogP contribution is 2.31. The third-order valence-electron chi connectivity index (χ3n) is 4.99. The maximum atomic E-state index is 6.17. The first-order chi connectivity index (χ1) is 14.6. The maximum Gasteiger partial charge on any atom is 0.145 e. The monoisotopic (exact) mass is 413 g/mol. The van der Waals surface area contributed by atoms with Gasteiger partial charge in [-0.15, -0.1) is 0 Å². The van der Waals surface area contributed by atoms with Gasteiger partial charge in [-0.05, 0) is 48.0 Å². The lowest BCUT2D eigenvalue weighted by Crippen LogP contribution is -2.07. The van der Waals surface area contributed by atoms with Crippen molar-refractivity contribution in [2.24, 2.45) is 0 Å². The second-order valence-corrected chi connectivity index (χ2v) is 7.67. The number of aromatic amines is 3. The van der Waals surface area contributed by atoms with E-state index >= 15 is 0 Å². The summed E-state index contributed by atoms with van der Waals surface area (Å²) >= 11 is 6.14. The van der Waals surface area contributed by atoms with E-state index in [0.717, 1.165) is 55.0 Å². The molecule has 0 amide bonds. The quantitative estimate of drug-likeness (QED) is 0.374. The van der Waals surface area contributed by atoms with E-state index in [0.29, 0.717) is 6.61 Å². The van der Waals surface area contributed by atoms with Gasteiger partial charge in [0.15, 0.2) is 0 Å². The number of hydrogen-bond acceptors (Lipinski definition) is 1. The van der Waals surface area contributed by atoms with Crippen LogP contribution in [0.2, 0.25) is 5.02 Å². The van der Waals surface area contributed by atoms with Crippen LogP contribution < -0.4 is 15.4 Å². The number of H-pyrrole nitrogens is 3. The van der Waals surface area contributed by atoms with Crippen LogP contribution >= 0.6 is 11.6 Å². The SMILES string of the molecule is C=c1ccc(=Cc2[nH]c(-c3cc4cc(Cl)ccc4[nH]3)cc2OCc2ccccc2)[nH]1. The van der Waals surface area contributed by atoms with Crippen LogP contribution in [0, 0.1) is 0 Å². The van der Waals surface area contributed by atoms with Crippen molar-refractivity contribution in [2.75, 3.05) is 0 Å². The van der Waals surface area contributed by atoms with E-state index in [1.165, 1.54) is 0 Å². The molecular weight excluding hydrogens is 394 g/mol. The molecule has 30 heavy (non-hydrogen) atoms. The molecule has 4 nitrogen and oxygen atoms in total. The minimum atomic E-state index is 0.493. The van der Waals surface area contributed by atoms with Crippen LogP contribution in [-0.4, -0.2) is 15.0 Å². The molecule has 0 saturated carbocycles. The molecule has 0 radical (unpaired) electrons. The molecule has 5 heteroatoms. The lowest BCUT2D eigenvalue weighted by Gasteiger charge is -2.05. The van der Waals surface area contributed by atoms with Crippen molar-refractivity contribution in [3.05, 3.63) is 99.8 Å². The van der Waals surface area contributed by atoms with Gasteiger partial charge in [-0.1, -0.05) is 48.5 Å². The number of fused-ring (bicyclic) bond motifs is 1. The third kappa shape index (κ3) is 3.78. The zero-order valence-electron chi connectivity index (χ0n) is 16.2. The fourth-order valence-corrected chi connectivity index (χ4v) is 3.69. The molecular formula is C25H20ClN3O. The van der Waals surface area contributed by atoms with Gasteiger partial charge in [0, 0.05) is 32.7 Å². The van der Waals surface area contributed by atoms with Crippen molar-refractivity contribution in [3.63, 3.8) is 0 Å². The van der Waals surface area contributed by atoms with Crippen molar-refractivity contribution < 1.29 is 4.74 Å². The summed E-state index contributed by atoms with van der Waals surface area (Å²) in [6.45, 7) is 4.43. The molecule has 0 spiro atoms. The molecule has 0 aliphatic heterocycles. The summed E-state index contributed by atoms with van der Waals surface area (Å²) in [5.41, 5.74) is 4.96. The van der Waals surface area contributed by atoms with E-state index < -0.39 is 0 Å². The number of rotatable bonds is 5. The maximum absolute atomic E-state index is 6.17. The van der Waals surface area contributed by atoms with Gasteiger partial charge in [-0.25, -0.2) is 0 Å². The summed E-state index contributed by atoms with van der Waals surface area (Å²) in [7, 11) is 0. The Hall–Kier alpha value is -3.63. The largest absolute Gasteiger partial charge is 0.487 e. The van der Waals surface area contributed by atoms with Crippen molar-refractivity contribution in [2.45, 2.75) is 6.61 Å². The number of benzene rings is 2. The molecule has 5 rings (SSSR count). The van der Waals surface area contributed by atoms with Crippen LogP contribution in [0.25, 0.3) is 34.9 Å². The Morgan fingerprint density at radius 2 is 1.70 bits per heavy atom. The molecule has 0 fully saturated rings. The van der Waals surface area contributed by atoms with Gasteiger partial charge in [0.1, 0.15) is 12.4 Å². The number of halogens is 1. The summed E-state index contributed by atoms with van der Waals surface area (Å²) in [5, 5.41) is 3.61. The van der Waals surface area contributed by atoms with Gasteiger partial charge in [0.05, 0.1) is 17.1 Å². The molecule has 3 N–H and O–H groups in total. The number of ether oxygens (including phenoxy) is 1. The molecule has 3 heterocycles. The standard InChI is InChI=1S/C25H20ClN3O/c1-16-7-9-20(27-16)13-24-25(30-15-17-5-3-2-4-6-17)14-23(29-24)22-12-18-11-19(26)8-10-21(18)28-22/h2-14,27-29H,1,15H2. The van der Waals surface area contributed by atoms with Gasteiger partial charge in [0.2, 0.25) is 0 Å². The van der Waals surface area contributed by atoms with Crippen LogP contribution in [0.1, 0.15) is 11.3 Å². The topological polar surface area (TPSA) is 56.6 Å². The van der Waals surface area contributed by atoms with E-state index in [9.17, 15) is 0 Å². The minimum Gasteiger partial charge on any atom is -0.487 e. The third-order valence-corrected chi connectivity index (χ3v) is 5.22. The zero-order valence-corrected chi connectivity index (χ0v) is 17.0. The summed E-state index contributed by atoms with van der Waals surface area (Å²) in [4.78, 5) is 10.2. The number of nitrogens with one attached hydrogen (secondary N) is 3. The Kier molecular flexibility index (Phi) is 4.69. The summed E-state index contributed by atoms with van der Waals surface area (Å²) in [5.74, 6) is 0.783. The Bertz CT molecular complexity index is 1430. The Morgan fingerprint density at radius 3 is 2.50 bits per heavy atom. The van der Waals surface area contributed by atoms with Crippen LogP contribution in [0.3, 0.4) is 0 Å². The average molecular weight is 414 g/mol. The average Bonchev–Trinajstić information content (AvgIpc) is 3.45. The summed E-state index contributed by atoms with van der Waals surface area (Å²) in [6, 6.07) is 24.0. The molecule has 148 valence electrons. The number of hydrogen-bond donors (Lipinski definition) is 3. The molecule has 0 aliphatic rings. The zero-order chi connectivity index (χ0) is 20.5. The molecule has 0 unspecified atom stereocenters. The first kappa shape index (κ1) is 18.4. The second-order valence-electron chi connectivity index (χ2n) is 7.23. The first-order valence-electron chi connectivity index (χ1n) is 9.68. The highest BCUT2D eigenvalue weighted by Gasteiger charge is 2.12. The summed E-state index contributed by atoms with van der Waals surface area (Å²) < 4.78 is 6.17. The Balaban J connectivity index is 1.55. The molecule has 2 aromatic carbocycles. The first-order valence-corrected chi connectivity index (χ1v) is 10.1. The minimum absolute atomic E-state index is 0.493. The molecule has 0 bridgehead atoms. The fourth-order valence-electron chi connectivity index (χ4n) is 3.51. The lowest BCUT2D eigenvalue weighted by molar-refractivity contribution is 0.306. The van der Waals surface area contributed by atoms with Crippen LogP contribution in [0.4, 0.5) is 0 Å². The van der Waals surface area contributed by atoms with Crippen LogP contribution in [0.5, 0.6) is 5.75 Å². The molecule has 0 aliphatic carbocycles. The van der Waals surface area contributed by atoms with E-state index in [1.54, 1.807) is 0 Å². The lowest BCUT2D eigenvalue weighted by atomic mass is 10.2. The molecule has 0 saturated heterocycles. The van der Waals surface area contributed by atoms with Crippen LogP contribution in [0.15, 0.2) is 72.8 Å². The highest BCUT2D eigenvalue weighted by atomic mass is 35.5. The van der Waals surface area contributed by atoms with E-state index in [1.807, 2.05) is 60.7 Å². The smallest absolute Gasteiger partial charge is 0.145 e. The predicted molar refractivity (Wildman–Crippen MR) is 123 cm³/mol. The van der Waals surface area contributed by atoms with Gasteiger partial charge in [0.25, 0.3) is 0 Å². The van der Waals surface area contributed by atoms with Gasteiger partial charge in [-0.2, -0.15) is 0 Å². The van der Waals surface area contributed by atoms with Gasteiger partial charge in [-0.3, -0.25) is 0 Å². The number of aromatic nitrogens is 3.